The first kappa shape index (κ1) is 21.5. The third-order valence-corrected chi connectivity index (χ3v) is 5.29. The van der Waals surface area contributed by atoms with Crippen LogP contribution < -0.4 is 15.4 Å². The molecule has 2 N–H and O–H groups in total. The lowest BCUT2D eigenvalue weighted by molar-refractivity contribution is -0.122. The van der Waals surface area contributed by atoms with E-state index in [2.05, 4.69) is 26.0 Å². The Bertz CT molecular complexity index is 1070. The first-order valence-electron chi connectivity index (χ1n) is 10.7. The molecule has 0 radical (unpaired) electrons. The van der Waals surface area contributed by atoms with Crippen LogP contribution in [0.1, 0.15) is 31.2 Å². The summed E-state index contributed by atoms with van der Waals surface area (Å²) in [6, 6.07) is 14.9. The van der Waals surface area contributed by atoms with E-state index in [-0.39, 0.29) is 31.0 Å². The largest absolute Gasteiger partial charge is 0.484 e. The molecular weight excluding hydrogens is 408 g/mol. The number of rotatable bonds is 8. The molecule has 1 saturated carbocycles. The van der Waals surface area contributed by atoms with Gasteiger partial charge in [0.25, 0.3) is 5.91 Å². The van der Waals surface area contributed by atoms with Gasteiger partial charge < -0.3 is 15.4 Å². The molecule has 9 nitrogen and oxygen atoms in total. The third kappa shape index (κ3) is 5.69. The number of carbonyl (C=O) groups excluding carboxylic acids is 2. The number of hydrogen-bond acceptors (Lipinski definition) is 6. The monoisotopic (exact) mass is 434 g/mol. The second-order valence-electron chi connectivity index (χ2n) is 7.89. The van der Waals surface area contributed by atoms with Crippen molar-refractivity contribution in [1.82, 2.24) is 25.5 Å². The predicted molar refractivity (Wildman–Crippen MR) is 119 cm³/mol. The van der Waals surface area contributed by atoms with Crippen molar-refractivity contribution in [2.24, 2.45) is 0 Å². The number of ether oxygens (including phenoxy) is 1. The van der Waals surface area contributed by atoms with Crippen molar-refractivity contribution in [2.75, 3.05) is 11.9 Å². The van der Waals surface area contributed by atoms with Crippen LogP contribution in [0.5, 0.6) is 5.75 Å². The van der Waals surface area contributed by atoms with Gasteiger partial charge in [-0.15, -0.1) is 10.2 Å². The van der Waals surface area contributed by atoms with Crippen molar-refractivity contribution < 1.29 is 14.3 Å². The van der Waals surface area contributed by atoms with E-state index in [0.29, 0.717) is 22.8 Å². The van der Waals surface area contributed by atoms with Crippen molar-refractivity contribution in [1.29, 1.82) is 0 Å². The van der Waals surface area contributed by atoms with Crippen LogP contribution in [-0.4, -0.2) is 44.7 Å². The minimum absolute atomic E-state index is 0.00240. The van der Waals surface area contributed by atoms with Crippen molar-refractivity contribution in [3.63, 3.8) is 0 Å². The molecule has 0 spiro atoms. The SMILES string of the molecule is Cc1ccc(OCC(=O)Nc2ccccc2-c2nnn(CC(=O)NC3CCCC3)n2)cc1. The molecule has 0 aliphatic heterocycles. The summed E-state index contributed by atoms with van der Waals surface area (Å²) in [7, 11) is 0. The topological polar surface area (TPSA) is 111 Å². The lowest BCUT2D eigenvalue weighted by atomic mass is 10.1. The van der Waals surface area contributed by atoms with Crippen LogP contribution >= 0.6 is 0 Å². The summed E-state index contributed by atoms with van der Waals surface area (Å²) in [5.74, 6) is 0.519. The first-order chi connectivity index (χ1) is 15.6. The third-order valence-electron chi connectivity index (χ3n) is 5.29. The Hall–Kier alpha value is -3.75. The fourth-order valence-corrected chi connectivity index (χ4v) is 3.65. The first-order valence-corrected chi connectivity index (χ1v) is 10.7. The number of nitrogens with zero attached hydrogens (tertiary/aromatic N) is 4. The van der Waals surface area contributed by atoms with E-state index in [1.54, 1.807) is 18.2 Å². The molecule has 1 aliphatic rings. The number of carbonyl (C=O) groups is 2. The summed E-state index contributed by atoms with van der Waals surface area (Å²) in [5, 5.41) is 18.2. The fraction of sp³-hybridized carbons (Fsp3) is 0.348. The number of benzene rings is 2. The molecule has 0 saturated heterocycles. The summed E-state index contributed by atoms with van der Waals surface area (Å²) in [6.07, 6.45) is 4.33. The summed E-state index contributed by atoms with van der Waals surface area (Å²) in [6.45, 7) is 1.86. The molecule has 1 aromatic heterocycles. The molecule has 1 fully saturated rings. The number of aromatic nitrogens is 4. The van der Waals surface area contributed by atoms with E-state index >= 15 is 0 Å². The minimum Gasteiger partial charge on any atom is -0.484 e. The Labute approximate surface area is 186 Å². The summed E-state index contributed by atoms with van der Waals surface area (Å²) >= 11 is 0. The van der Waals surface area contributed by atoms with Gasteiger partial charge in [-0.1, -0.05) is 42.7 Å². The fourth-order valence-electron chi connectivity index (χ4n) is 3.65. The van der Waals surface area contributed by atoms with E-state index < -0.39 is 0 Å². The number of nitrogens with one attached hydrogen (secondary N) is 2. The molecule has 3 aromatic rings. The quantitative estimate of drug-likeness (QED) is 0.564. The van der Waals surface area contributed by atoms with Gasteiger partial charge in [0.2, 0.25) is 11.7 Å². The van der Waals surface area contributed by atoms with Crippen molar-refractivity contribution in [3.05, 3.63) is 54.1 Å². The van der Waals surface area contributed by atoms with Crippen molar-refractivity contribution in [2.45, 2.75) is 45.2 Å². The predicted octanol–water partition coefficient (Wildman–Crippen LogP) is 2.72. The van der Waals surface area contributed by atoms with Crippen LogP contribution in [-0.2, 0) is 16.1 Å². The maximum Gasteiger partial charge on any atom is 0.262 e. The van der Waals surface area contributed by atoms with Gasteiger partial charge in [0, 0.05) is 11.6 Å². The highest BCUT2D eigenvalue weighted by molar-refractivity contribution is 5.95. The Morgan fingerprint density at radius 2 is 1.81 bits per heavy atom. The van der Waals surface area contributed by atoms with E-state index in [1.165, 1.54) is 4.80 Å². The average Bonchev–Trinajstić information content (AvgIpc) is 3.46. The molecule has 0 bridgehead atoms. The molecule has 9 heteroatoms. The maximum atomic E-state index is 12.4. The van der Waals surface area contributed by atoms with Gasteiger partial charge >= 0.3 is 0 Å². The standard InChI is InChI=1S/C23H26N6O3/c1-16-10-12-18(13-11-16)32-15-22(31)25-20-9-5-4-8-19(20)23-26-28-29(27-23)14-21(30)24-17-6-2-3-7-17/h4-5,8-13,17H,2-3,6-7,14-15H2,1H3,(H,24,30)(H,25,31). The zero-order chi connectivity index (χ0) is 22.3. The minimum atomic E-state index is -0.304. The molecule has 4 rings (SSSR count). The normalized spacial score (nSPS) is 13.7. The lowest BCUT2D eigenvalue weighted by Gasteiger charge is -2.11. The van der Waals surface area contributed by atoms with Gasteiger partial charge in [-0.3, -0.25) is 9.59 Å². The van der Waals surface area contributed by atoms with E-state index in [0.717, 1.165) is 31.2 Å². The lowest BCUT2D eigenvalue weighted by Crippen LogP contribution is -2.35. The zero-order valence-corrected chi connectivity index (χ0v) is 18.0. The Kier molecular flexibility index (Phi) is 6.74. The number of amides is 2. The molecule has 0 unspecified atom stereocenters. The highest BCUT2D eigenvalue weighted by atomic mass is 16.5. The molecule has 0 atom stereocenters. The second kappa shape index (κ2) is 10.0. The summed E-state index contributed by atoms with van der Waals surface area (Å²) < 4.78 is 5.54. The Morgan fingerprint density at radius 1 is 1.06 bits per heavy atom. The molecule has 1 aliphatic carbocycles. The van der Waals surface area contributed by atoms with E-state index in [1.807, 2.05) is 37.3 Å². The number of tetrazole rings is 1. The smallest absolute Gasteiger partial charge is 0.262 e. The molecule has 166 valence electrons. The molecule has 2 amide bonds. The Morgan fingerprint density at radius 3 is 2.59 bits per heavy atom. The highest BCUT2D eigenvalue weighted by Gasteiger charge is 2.19. The number of para-hydroxylation sites is 1. The van der Waals surface area contributed by atoms with Gasteiger partial charge in [0.05, 0.1) is 5.69 Å². The maximum absolute atomic E-state index is 12.4. The highest BCUT2D eigenvalue weighted by Crippen LogP contribution is 2.24. The van der Waals surface area contributed by atoms with Gasteiger partial charge in [-0.2, -0.15) is 4.80 Å². The van der Waals surface area contributed by atoms with E-state index in [9.17, 15) is 9.59 Å². The van der Waals surface area contributed by atoms with Crippen LogP contribution in [0, 0.1) is 6.92 Å². The molecule has 32 heavy (non-hydrogen) atoms. The van der Waals surface area contributed by atoms with Crippen LogP contribution in [0.4, 0.5) is 5.69 Å². The number of anilines is 1. The second-order valence-corrected chi connectivity index (χ2v) is 7.89. The van der Waals surface area contributed by atoms with Crippen LogP contribution in [0.2, 0.25) is 0 Å². The average molecular weight is 435 g/mol. The van der Waals surface area contributed by atoms with Crippen molar-refractivity contribution >= 4 is 17.5 Å². The van der Waals surface area contributed by atoms with Crippen LogP contribution in [0.25, 0.3) is 11.4 Å². The molecule has 2 aromatic carbocycles. The summed E-state index contributed by atoms with van der Waals surface area (Å²) in [4.78, 5) is 25.9. The number of hydrogen-bond donors (Lipinski definition) is 2. The van der Waals surface area contributed by atoms with Crippen LogP contribution in [0.15, 0.2) is 48.5 Å². The van der Waals surface area contributed by atoms with Gasteiger partial charge in [0.15, 0.2) is 6.61 Å². The van der Waals surface area contributed by atoms with Gasteiger partial charge in [0.1, 0.15) is 12.3 Å². The summed E-state index contributed by atoms with van der Waals surface area (Å²) in [5.41, 5.74) is 2.27. The van der Waals surface area contributed by atoms with Gasteiger partial charge in [-0.25, -0.2) is 0 Å². The van der Waals surface area contributed by atoms with Crippen molar-refractivity contribution in [3.8, 4) is 17.1 Å². The van der Waals surface area contributed by atoms with Crippen LogP contribution in [0.3, 0.4) is 0 Å². The molecule has 1 heterocycles. The number of aryl methyl sites for hydroxylation is 1. The van der Waals surface area contributed by atoms with Gasteiger partial charge in [-0.05, 0) is 49.2 Å². The zero-order valence-electron chi connectivity index (χ0n) is 18.0. The molecular formula is C23H26N6O3. The Balaban J connectivity index is 1.37. The van der Waals surface area contributed by atoms with E-state index in [4.69, 9.17) is 4.74 Å².